The molecular formula is C24H21N3O5S. The molecular weight excluding hydrogens is 442 g/mol. The van der Waals surface area contributed by atoms with Gasteiger partial charge in [-0.25, -0.2) is 13.6 Å². The van der Waals surface area contributed by atoms with Crippen LogP contribution in [0.15, 0.2) is 77.5 Å². The summed E-state index contributed by atoms with van der Waals surface area (Å²) in [6.45, 7) is 3.67. The predicted molar refractivity (Wildman–Crippen MR) is 123 cm³/mol. The van der Waals surface area contributed by atoms with Gasteiger partial charge in [0.2, 0.25) is 10.0 Å². The Hall–Kier alpha value is -3.82. The number of pyridine rings is 1. The molecule has 0 bridgehead atoms. The van der Waals surface area contributed by atoms with Crippen LogP contribution < -0.4 is 10.0 Å². The first-order valence-electron chi connectivity index (χ1n) is 10.0. The number of hydrogen-bond donors (Lipinski definition) is 2. The summed E-state index contributed by atoms with van der Waals surface area (Å²) in [5.74, 6) is -1.96. The minimum absolute atomic E-state index is 0.0598. The van der Waals surface area contributed by atoms with Crippen LogP contribution in [0.25, 0.3) is 5.76 Å². The number of carbonyl (C=O) groups is 2. The SMILES string of the molecule is Cc1ccc(C)c(/C(O)=C2\C(=O)C(=O)N(c3ccc(S(N)(=O)=O)cc3)C2c2ccncc2)c1. The molecule has 1 aliphatic heterocycles. The van der Waals surface area contributed by atoms with E-state index >= 15 is 0 Å². The van der Waals surface area contributed by atoms with Gasteiger partial charge in [-0.3, -0.25) is 19.5 Å². The number of anilines is 1. The van der Waals surface area contributed by atoms with Gasteiger partial charge >= 0.3 is 0 Å². The highest BCUT2D eigenvalue weighted by Crippen LogP contribution is 2.42. The zero-order valence-electron chi connectivity index (χ0n) is 17.9. The summed E-state index contributed by atoms with van der Waals surface area (Å²) in [5, 5.41) is 16.4. The molecule has 168 valence electrons. The fraction of sp³-hybridized carbons (Fsp3) is 0.125. The summed E-state index contributed by atoms with van der Waals surface area (Å²) in [5.41, 5.74) is 2.87. The molecule has 2 heterocycles. The molecule has 3 N–H and O–H groups in total. The number of benzene rings is 2. The first kappa shape index (κ1) is 22.4. The van der Waals surface area contributed by atoms with E-state index in [0.717, 1.165) is 11.1 Å². The topological polar surface area (TPSA) is 131 Å². The second kappa shape index (κ2) is 8.27. The number of Topliss-reactive ketones (excluding diaryl/α,β-unsaturated/α-hetero) is 1. The smallest absolute Gasteiger partial charge is 0.300 e. The third kappa shape index (κ3) is 4.04. The molecule has 1 fully saturated rings. The highest BCUT2D eigenvalue weighted by atomic mass is 32.2. The van der Waals surface area contributed by atoms with Crippen molar-refractivity contribution >= 4 is 33.2 Å². The molecule has 9 heteroatoms. The number of aromatic nitrogens is 1. The molecule has 4 rings (SSSR count). The Kier molecular flexibility index (Phi) is 5.61. The lowest BCUT2D eigenvalue weighted by Gasteiger charge is -2.25. The summed E-state index contributed by atoms with van der Waals surface area (Å²) in [6.07, 6.45) is 3.05. The standard InChI is InChI=1S/C24H21N3O5S/c1-14-3-4-15(2)19(13-14)22(28)20-21(16-9-11-26-12-10-16)27(24(30)23(20)29)17-5-7-18(8-6-17)33(25,31)32/h3-13,21,28H,1-2H3,(H2,25,31,32)/b22-20+. The van der Waals surface area contributed by atoms with E-state index in [2.05, 4.69) is 4.98 Å². The summed E-state index contributed by atoms with van der Waals surface area (Å²) in [6, 6.07) is 13.2. The maximum Gasteiger partial charge on any atom is 0.300 e. The van der Waals surface area contributed by atoms with Crippen LogP contribution in [0.3, 0.4) is 0 Å². The van der Waals surface area contributed by atoms with E-state index in [1.165, 1.54) is 41.6 Å². The lowest BCUT2D eigenvalue weighted by atomic mass is 9.93. The van der Waals surface area contributed by atoms with Crippen LogP contribution in [0.4, 0.5) is 5.69 Å². The average molecular weight is 464 g/mol. The second-order valence-corrected chi connectivity index (χ2v) is 9.37. The maximum absolute atomic E-state index is 13.2. The van der Waals surface area contributed by atoms with Gasteiger partial charge in [0, 0.05) is 23.6 Å². The lowest BCUT2D eigenvalue weighted by molar-refractivity contribution is -0.132. The minimum atomic E-state index is -3.93. The fourth-order valence-corrected chi connectivity index (χ4v) is 4.41. The molecule has 1 unspecified atom stereocenters. The molecule has 1 aliphatic rings. The highest BCUT2D eigenvalue weighted by molar-refractivity contribution is 7.89. The van der Waals surface area contributed by atoms with Crippen LogP contribution in [-0.4, -0.2) is 30.2 Å². The summed E-state index contributed by atoms with van der Waals surface area (Å²) in [4.78, 5) is 31.4. The Morgan fingerprint density at radius 1 is 1.00 bits per heavy atom. The van der Waals surface area contributed by atoms with E-state index in [9.17, 15) is 23.1 Å². The van der Waals surface area contributed by atoms with Crippen LogP contribution in [0.1, 0.15) is 28.3 Å². The van der Waals surface area contributed by atoms with Gasteiger partial charge < -0.3 is 5.11 Å². The highest BCUT2D eigenvalue weighted by Gasteiger charge is 2.47. The molecule has 0 aliphatic carbocycles. The number of ketones is 1. The van der Waals surface area contributed by atoms with Crippen LogP contribution >= 0.6 is 0 Å². The molecule has 1 aromatic heterocycles. The largest absolute Gasteiger partial charge is 0.507 e. The van der Waals surface area contributed by atoms with E-state index in [4.69, 9.17) is 5.14 Å². The molecule has 33 heavy (non-hydrogen) atoms. The van der Waals surface area contributed by atoms with Crippen LogP contribution in [0.2, 0.25) is 0 Å². The average Bonchev–Trinajstić information content (AvgIpc) is 3.05. The molecule has 0 radical (unpaired) electrons. The van der Waals surface area contributed by atoms with Crippen molar-refractivity contribution in [3.8, 4) is 0 Å². The Morgan fingerprint density at radius 2 is 1.64 bits per heavy atom. The van der Waals surface area contributed by atoms with Crippen molar-refractivity contribution in [1.82, 2.24) is 4.98 Å². The van der Waals surface area contributed by atoms with Crippen LogP contribution in [0.5, 0.6) is 0 Å². The molecule has 1 saturated heterocycles. The summed E-state index contributed by atoms with van der Waals surface area (Å²) >= 11 is 0. The van der Waals surface area contributed by atoms with Gasteiger partial charge in [-0.2, -0.15) is 0 Å². The van der Waals surface area contributed by atoms with Gasteiger partial charge in [0.25, 0.3) is 11.7 Å². The first-order valence-corrected chi connectivity index (χ1v) is 11.6. The Balaban J connectivity index is 1.94. The van der Waals surface area contributed by atoms with E-state index in [0.29, 0.717) is 11.1 Å². The van der Waals surface area contributed by atoms with E-state index in [-0.39, 0.29) is 21.9 Å². The van der Waals surface area contributed by atoms with Crippen molar-refractivity contribution in [3.63, 3.8) is 0 Å². The molecule has 3 aromatic rings. The number of amides is 1. The maximum atomic E-state index is 13.2. The van der Waals surface area contributed by atoms with Gasteiger partial charge in [0.05, 0.1) is 16.5 Å². The Labute approximate surface area is 191 Å². The zero-order chi connectivity index (χ0) is 23.9. The van der Waals surface area contributed by atoms with E-state index < -0.39 is 27.8 Å². The molecule has 1 atom stereocenters. The number of primary sulfonamides is 1. The number of aliphatic hydroxyl groups excluding tert-OH is 1. The van der Waals surface area contributed by atoms with Crippen LogP contribution in [0, 0.1) is 13.8 Å². The van der Waals surface area contributed by atoms with Crippen molar-refractivity contribution in [1.29, 1.82) is 0 Å². The number of rotatable bonds is 4. The minimum Gasteiger partial charge on any atom is -0.507 e. The zero-order valence-corrected chi connectivity index (χ0v) is 18.7. The van der Waals surface area contributed by atoms with Crippen molar-refractivity contribution in [3.05, 3.63) is 94.8 Å². The number of sulfonamides is 1. The summed E-state index contributed by atoms with van der Waals surface area (Å²) < 4.78 is 23.2. The van der Waals surface area contributed by atoms with Crippen molar-refractivity contribution in [2.24, 2.45) is 5.14 Å². The summed E-state index contributed by atoms with van der Waals surface area (Å²) in [7, 11) is -3.93. The number of carbonyl (C=O) groups excluding carboxylic acids is 2. The number of nitrogens with two attached hydrogens (primary N) is 1. The second-order valence-electron chi connectivity index (χ2n) is 7.81. The Bertz CT molecular complexity index is 1400. The Morgan fingerprint density at radius 3 is 2.24 bits per heavy atom. The van der Waals surface area contributed by atoms with Crippen molar-refractivity contribution in [2.75, 3.05) is 4.90 Å². The van der Waals surface area contributed by atoms with Gasteiger partial charge in [-0.15, -0.1) is 0 Å². The van der Waals surface area contributed by atoms with Gasteiger partial charge in [-0.1, -0.05) is 17.7 Å². The first-order chi connectivity index (χ1) is 15.6. The third-order valence-electron chi connectivity index (χ3n) is 5.56. The fourth-order valence-electron chi connectivity index (χ4n) is 3.89. The number of aliphatic hydroxyl groups is 1. The quantitative estimate of drug-likeness (QED) is 0.347. The van der Waals surface area contributed by atoms with Gasteiger partial charge in [0.1, 0.15) is 5.76 Å². The van der Waals surface area contributed by atoms with E-state index in [1.807, 2.05) is 19.1 Å². The molecule has 0 saturated carbocycles. The van der Waals surface area contributed by atoms with Gasteiger partial charge in [-0.05, 0) is 67.4 Å². The number of nitrogens with zero attached hydrogens (tertiary/aromatic N) is 2. The third-order valence-corrected chi connectivity index (χ3v) is 6.49. The number of aryl methyl sites for hydroxylation is 2. The molecule has 8 nitrogen and oxygen atoms in total. The molecule has 1 amide bonds. The number of hydrogen-bond acceptors (Lipinski definition) is 6. The van der Waals surface area contributed by atoms with E-state index in [1.54, 1.807) is 25.1 Å². The van der Waals surface area contributed by atoms with Crippen molar-refractivity contribution in [2.45, 2.75) is 24.8 Å². The van der Waals surface area contributed by atoms with Crippen LogP contribution in [-0.2, 0) is 19.6 Å². The lowest BCUT2D eigenvalue weighted by Crippen LogP contribution is -2.29. The van der Waals surface area contributed by atoms with Gasteiger partial charge in [0.15, 0.2) is 0 Å². The van der Waals surface area contributed by atoms with Crippen molar-refractivity contribution < 1.29 is 23.1 Å². The normalized spacial score (nSPS) is 18.0. The monoisotopic (exact) mass is 463 g/mol. The predicted octanol–water partition coefficient (Wildman–Crippen LogP) is 2.97. The molecule has 0 spiro atoms. The molecule has 2 aromatic carbocycles.